The van der Waals surface area contributed by atoms with Crippen molar-refractivity contribution in [2.45, 2.75) is 4.90 Å². The third-order valence-electron chi connectivity index (χ3n) is 3.37. The second-order valence-electron chi connectivity index (χ2n) is 4.83. The summed E-state index contributed by atoms with van der Waals surface area (Å²) in [5, 5.41) is 10.6. The van der Waals surface area contributed by atoms with Crippen LogP contribution in [0.2, 0.25) is 0 Å². The zero-order chi connectivity index (χ0) is 15.7. The van der Waals surface area contributed by atoms with Crippen LogP contribution in [0, 0.1) is 0 Å². The van der Waals surface area contributed by atoms with Crippen molar-refractivity contribution in [2.75, 3.05) is 13.7 Å². The van der Waals surface area contributed by atoms with E-state index in [2.05, 4.69) is 0 Å². The number of benzene rings is 2. The SMILES string of the molecule is COc1ccc(OCC2=CS(=O)(=O)c3cc(O)ccc32)cc1. The minimum atomic E-state index is -3.51. The molecule has 2 aromatic carbocycles. The Morgan fingerprint density at radius 1 is 1.05 bits per heavy atom. The number of phenolic OH excluding ortho intramolecular Hbond substituents is 1. The maximum atomic E-state index is 12.1. The molecule has 0 radical (unpaired) electrons. The van der Waals surface area contributed by atoms with E-state index < -0.39 is 9.84 Å². The Balaban J connectivity index is 1.82. The lowest BCUT2D eigenvalue weighted by Gasteiger charge is -2.08. The van der Waals surface area contributed by atoms with Crippen molar-refractivity contribution in [2.24, 2.45) is 0 Å². The Morgan fingerprint density at radius 3 is 2.41 bits per heavy atom. The predicted molar refractivity (Wildman–Crippen MR) is 81.8 cm³/mol. The van der Waals surface area contributed by atoms with E-state index in [0.717, 1.165) is 5.75 Å². The summed E-state index contributed by atoms with van der Waals surface area (Å²) in [5.74, 6) is 1.26. The normalized spacial score (nSPS) is 15.0. The first kappa shape index (κ1) is 14.5. The lowest BCUT2D eigenvalue weighted by molar-refractivity contribution is 0.367. The number of methoxy groups -OCH3 is 1. The van der Waals surface area contributed by atoms with E-state index in [1.54, 1.807) is 37.4 Å². The van der Waals surface area contributed by atoms with Gasteiger partial charge in [-0.2, -0.15) is 0 Å². The van der Waals surface area contributed by atoms with Gasteiger partial charge in [-0.1, -0.05) is 0 Å². The predicted octanol–water partition coefficient (Wildman–Crippen LogP) is 2.61. The van der Waals surface area contributed by atoms with Gasteiger partial charge in [0.25, 0.3) is 0 Å². The summed E-state index contributed by atoms with van der Waals surface area (Å²) in [6, 6.07) is 11.3. The summed E-state index contributed by atoms with van der Waals surface area (Å²) >= 11 is 0. The van der Waals surface area contributed by atoms with Crippen molar-refractivity contribution < 1.29 is 23.0 Å². The summed E-state index contributed by atoms with van der Waals surface area (Å²) in [5.41, 5.74) is 1.12. The first-order chi connectivity index (χ1) is 10.5. The molecule has 22 heavy (non-hydrogen) atoms. The van der Waals surface area contributed by atoms with Crippen LogP contribution in [0.1, 0.15) is 5.56 Å². The molecular formula is C16H14O5S. The lowest BCUT2D eigenvalue weighted by atomic mass is 10.1. The van der Waals surface area contributed by atoms with Crippen LogP contribution in [0.25, 0.3) is 5.57 Å². The molecule has 114 valence electrons. The van der Waals surface area contributed by atoms with Gasteiger partial charge in [-0.15, -0.1) is 0 Å². The smallest absolute Gasteiger partial charge is 0.200 e. The molecular weight excluding hydrogens is 304 g/mol. The second-order valence-corrected chi connectivity index (χ2v) is 6.60. The van der Waals surface area contributed by atoms with Crippen LogP contribution in [-0.2, 0) is 9.84 Å². The first-order valence-electron chi connectivity index (χ1n) is 6.55. The van der Waals surface area contributed by atoms with Gasteiger partial charge in [0, 0.05) is 16.5 Å². The molecule has 1 aliphatic rings. The van der Waals surface area contributed by atoms with Gasteiger partial charge in [0.05, 0.1) is 12.0 Å². The van der Waals surface area contributed by atoms with Gasteiger partial charge in [-0.25, -0.2) is 8.42 Å². The van der Waals surface area contributed by atoms with Gasteiger partial charge in [0.15, 0.2) is 0 Å². The summed E-state index contributed by atoms with van der Waals surface area (Å²) in [4.78, 5) is 0.112. The van der Waals surface area contributed by atoms with E-state index in [0.29, 0.717) is 16.9 Å². The Bertz CT molecular complexity index is 835. The zero-order valence-corrected chi connectivity index (χ0v) is 12.6. The Kier molecular flexibility index (Phi) is 3.54. The molecule has 3 rings (SSSR count). The fourth-order valence-electron chi connectivity index (χ4n) is 2.27. The van der Waals surface area contributed by atoms with Crippen molar-refractivity contribution in [3.05, 3.63) is 53.4 Å². The van der Waals surface area contributed by atoms with Crippen molar-refractivity contribution in [1.29, 1.82) is 0 Å². The van der Waals surface area contributed by atoms with E-state index in [9.17, 15) is 13.5 Å². The molecule has 0 aliphatic carbocycles. The fourth-order valence-corrected chi connectivity index (χ4v) is 3.76. The number of hydrogen-bond donors (Lipinski definition) is 1. The van der Waals surface area contributed by atoms with Gasteiger partial charge in [-0.05, 0) is 42.5 Å². The number of phenols is 1. The molecule has 0 amide bonds. The van der Waals surface area contributed by atoms with Gasteiger partial charge >= 0.3 is 0 Å². The second kappa shape index (κ2) is 5.38. The molecule has 0 saturated heterocycles. The van der Waals surface area contributed by atoms with Crippen LogP contribution >= 0.6 is 0 Å². The fraction of sp³-hybridized carbons (Fsp3) is 0.125. The molecule has 0 saturated carbocycles. The molecule has 1 heterocycles. The van der Waals surface area contributed by atoms with Crippen LogP contribution < -0.4 is 9.47 Å². The van der Waals surface area contributed by atoms with Crippen LogP contribution in [0.15, 0.2) is 52.8 Å². The van der Waals surface area contributed by atoms with Gasteiger partial charge in [0.2, 0.25) is 9.84 Å². The third-order valence-corrected chi connectivity index (χ3v) is 4.91. The van der Waals surface area contributed by atoms with Crippen LogP contribution in [-0.4, -0.2) is 27.2 Å². The molecule has 1 N–H and O–H groups in total. The van der Waals surface area contributed by atoms with Crippen molar-refractivity contribution in [3.63, 3.8) is 0 Å². The highest BCUT2D eigenvalue weighted by molar-refractivity contribution is 7.95. The van der Waals surface area contributed by atoms with Gasteiger partial charge < -0.3 is 14.6 Å². The van der Waals surface area contributed by atoms with Crippen molar-refractivity contribution in [1.82, 2.24) is 0 Å². The molecule has 0 spiro atoms. The summed E-state index contributed by atoms with van der Waals surface area (Å²) in [6.07, 6.45) is 0. The summed E-state index contributed by atoms with van der Waals surface area (Å²) in [6.45, 7) is 0.128. The third kappa shape index (κ3) is 2.65. The Labute approximate surface area is 128 Å². The zero-order valence-electron chi connectivity index (χ0n) is 11.8. The van der Waals surface area contributed by atoms with Crippen LogP contribution in [0.3, 0.4) is 0 Å². The molecule has 0 atom stereocenters. The van der Waals surface area contributed by atoms with E-state index in [1.165, 1.54) is 17.5 Å². The van der Waals surface area contributed by atoms with E-state index >= 15 is 0 Å². The Morgan fingerprint density at radius 2 is 1.73 bits per heavy atom. The Hall–Kier alpha value is -2.47. The molecule has 5 nitrogen and oxygen atoms in total. The average Bonchev–Trinajstić information content (AvgIpc) is 2.76. The van der Waals surface area contributed by atoms with E-state index in [-0.39, 0.29) is 17.3 Å². The number of hydrogen-bond acceptors (Lipinski definition) is 5. The van der Waals surface area contributed by atoms with Gasteiger partial charge in [0.1, 0.15) is 23.9 Å². The summed E-state index contributed by atoms with van der Waals surface area (Å²) < 4.78 is 34.8. The maximum Gasteiger partial charge on any atom is 0.200 e. The molecule has 0 aromatic heterocycles. The topological polar surface area (TPSA) is 72.8 Å². The molecule has 0 bridgehead atoms. The molecule has 1 aliphatic heterocycles. The van der Waals surface area contributed by atoms with Gasteiger partial charge in [-0.3, -0.25) is 0 Å². The molecule has 6 heteroatoms. The standard InChI is InChI=1S/C16H14O5S/c1-20-13-3-5-14(6-4-13)21-9-11-10-22(18,19)16-8-12(17)2-7-15(11)16/h2-8,10,17H,9H2,1H3. The largest absolute Gasteiger partial charge is 0.508 e. The first-order valence-corrected chi connectivity index (χ1v) is 8.10. The minimum Gasteiger partial charge on any atom is -0.508 e. The number of sulfone groups is 1. The van der Waals surface area contributed by atoms with Crippen molar-refractivity contribution in [3.8, 4) is 17.2 Å². The van der Waals surface area contributed by atoms with Crippen LogP contribution in [0.5, 0.6) is 17.2 Å². The highest BCUT2D eigenvalue weighted by Gasteiger charge is 2.27. The summed E-state index contributed by atoms with van der Waals surface area (Å²) in [7, 11) is -1.93. The average molecular weight is 318 g/mol. The van der Waals surface area contributed by atoms with E-state index in [1.807, 2.05) is 0 Å². The molecule has 0 unspecified atom stereocenters. The minimum absolute atomic E-state index is 0.0759. The number of fused-ring (bicyclic) bond motifs is 1. The monoisotopic (exact) mass is 318 g/mol. The van der Waals surface area contributed by atoms with Crippen LogP contribution in [0.4, 0.5) is 0 Å². The number of rotatable bonds is 4. The lowest BCUT2D eigenvalue weighted by Crippen LogP contribution is -1.99. The van der Waals surface area contributed by atoms with E-state index in [4.69, 9.17) is 9.47 Å². The number of ether oxygens (including phenoxy) is 2. The van der Waals surface area contributed by atoms with Crippen molar-refractivity contribution >= 4 is 15.4 Å². The quantitative estimate of drug-likeness (QED) is 0.938. The molecule has 0 fully saturated rings. The highest BCUT2D eigenvalue weighted by atomic mass is 32.2. The molecule has 2 aromatic rings. The maximum absolute atomic E-state index is 12.1. The highest BCUT2D eigenvalue weighted by Crippen LogP contribution is 2.35. The number of aromatic hydroxyl groups is 1.